The van der Waals surface area contributed by atoms with Crippen LogP contribution in [0.3, 0.4) is 0 Å². The van der Waals surface area contributed by atoms with Crippen molar-refractivity contribution in [2.45, 2.75) is 19.4 Å². The van der Waals surface area contributed by atoms with E-state index in [0.29, 0.717) is 26.2 Å². The maximum atomic E-state index is 11.9. The number of hydrogen-bond donors (Lipinski definition) is 2. The average molecular weight is 264 g/mol. The second-order valence-corrected chi connectivity index (χ2v) is 4.44. The molecule has 104 valence electrons. The number of ether oxygens (including phenoxy) is 2. The number of carbonyl (C=O) groups is 1. The number of morpholine rings is 1. The summed E-state index contributed by atoms with van der Waals surface area (Å²) in [4.78, 5) is 11.9. The van der Waals surface area contributed by atoms with E-state index in [-0.39, 0.29) is 11.9 Å². The van der Waals surface area contributed by atoms with Crippen LogP contribution in [0.1, 0.15) is 13.3 Å². The van der Waals surface area contributed by atoms with E-state index in [1.165, 1.54) is 0 Å². The molecule has 1 aliphatic heterocycles. The van der Waals surface area contributed by atoms with Crippen molar-refractivity contribution in [3.05, 3.63) is 24.3 Å². The smallest absolute Gasteiger partial charge is 0.226 e. The molecular weight excluding hydrogens is 244 g/mol. The Labute approximate surface area is 113 Å². The molecule has 1 amide bonds. The van der Waals surface area contributed by atoms with E-state index >= 15 is 0 Å². The highest BCUT2D eigenvalue weighted by Crippen LogP contribution is 2.17. The van der Waals surface area contributed by atoms with Crippen molar-refractivity contribution in [1.29, 1.82) is 0 Å². The summed E-state index contributed by atoms with van der Waals surface area (Å²) in [5, 5.41) is 6.13. The van der Waals surface area contributed by atoms with E-state index in [0.717, 1.165) is 18.0 Å². The molecule has 0 saturated carbocycles. The normalized spacial score (nSPS) is 18.9. The fourth-order valence-corrected chi connectivity index (χ4v) is 2.02. The fraction of sp³-hybridized carbons (Fsp3) is 0.500. The Morgan fingerprint density at radius 1 is 1.58 bits per heavy atom. The van der Waals surface area contributed by atoms with Crippen LogP contribution < -0.4 is 15.4 Å². The quantitative estimate of drug-likeness (QED) is 0.844. The monoisotopic (exact) mass is 264 g/mol. The van der Waals surface area contributed by atoms with E-state index in [2.05, 4.69) is 10.6 Å². The van der Waals surface area contributed by atoms with Crippen LogP contribution in [0.25, 0.3) is 0 Å². The molecule has 1 fully saturated rings. The molecule has 1 aromatic rings. The number of amides is 1. The van der Waals surface area contributed by atoms with Gasteiger partial charge >= 0.3 is 0 Å². The molecule has 1 atom stereocenters. The Morgan fingerprint density at radius 2 is 2.47 bits per heavy atom. The summed E-state index contributed by atoms with van der Waals surface area (Å²) < 4.78 is 10.7. The van der Waals surface area contributed by atoms with Crippen molar-refractivity contribution >= 4 is 11.6 Å². The molecule has 1 aliphatic rings. The lowest BCUT2D eigenvalue weighted by Gasteiger charge is -2.23. The van der Waals surface area contributed by atoms with Crippen LogP contribution in [0.5, 0.6) is 5.75 Å². The first-order valence-electron chi connectivity index (χ1n) is 6.62. The number of carbonyl (C=O) groups excluding carboxylic acids is 1. The summed E-state index contributed by atoms with van der Waals surface area (Å²) >= 11 is 0. The van der Waals surface area contributed by atoms with Gasteiger partial charge in [-0.05, 0) is 19.1 Å². The van der Waals surface area contributed by atoms with E-state index in [4.69, 9.17) is 9.47 Å². The zero-order valence-corrected chi connectivity index (χ0v) is 11.1. The number of nitrogens with one attached hydrogen (secondary N) is 2. The van der Waals surface area contributed by atoms with Crippen LogP contribution >= 0.6 is 0 Å². The predicted octanol–water partition coefficient (Wildman–Crippen LogP) is 1.40. The summed E-state index contributed by atoms with van der Waals surface area (Å²) in [5.74, 6) is 0.746. The molecule has 2 rings (SSSR count). The van der Waals surface area contributed by atoms with Crippen molar-refractivity contribution in [2.75, 3.05) is 31.7 Å². The fourth-order valence-electron chi connectivity index (χ4n) is 2.02. The van der Waals surface area contributed by atoms with Crippen LogP contribution in [-0.2, 0) is 9.53 Å². The molecule has 1 heterocycles. The van der Waals surface area contributed by atoms with E-state index in [9.17, 15) is 4.79 Å². The molecule has 0 bridgehead atoms. The highest BCUT2D eigenvalue weighted by molar-refractivity contribution is 5.91. The van der Waals surface area contributed by atoms with Gasteiger partial charge in [0.25, 0.3) is 0 Å². The van der Waals surface area contributed by atoms with Crippen LogP contribution in [0.15, 0.2) is 24.3 Å². The summed E-state index contributed by atoms with van der Waals surface area (Å²) in [6.45, 7) is 4.65. The molecule has 0 spiro atoms. The third kappa shape index (κ3) is 4.54. The lowest BCUT2D eigenvalue weighted by Crippen LogP contribution is -2.43. The Kier molecular flexibility index (Phi) is 5.18. The average Bonchev–Trinajstić information content (AvgIpc) is 2.40. The van der Waals surface area contributed by atoms with Crippen molar-refractivity contribution in [3.63, 3.8) is 0 Å². The molecule has 5 nitrogen and oxygen atoms in total. The zero-order valence-electron chi connectivity index (χ0n) is 11.1. The van der Waals surface area contributed by atoms with E-state index < -0.39 is 0 Å². The van der Waals surface area contributed by atoms with Crippen molar-refractivity contribution < 1.29 is 14.3 Å². The minimum absolute atomic E-state index is 0.0170. The van der Waals surface area contributed by atoms with Crippen molar-refractivity contribution in [1.82, 2.24) is 5.32 Å². The molecule has 0 aromatic heterocycles. The zero-order chi connectivity index (χ0) is 13.5. The van der Waals surface area contributed by atoms with Gasteiger partial charge in [-0.25, -0.2) is 0 Å². The highest BCUT2D eigenvalue weighted by atomic mass is 16.5. The van der Waals surface area contributed by atoms with Crippen LogP contribution in [0.4, 0.5) is 5.69 Å². The van der Waals surface area contributed by atoms with Gasteiger partial charge in [0, 0.05) is 30.8 Å². The van der Waals surface area contributed by atoms with Gasteiger partial charge in [0.15, 0.2) is 0 Å². The van der Waals surface area contributed by atoms with Gasteiger partial charge in [0.1, 0.15) is 5.75 Å². The summed E-state index contributed by atoms with van der Waals surface area (Å²) in [5.41, 5.74) is 0.757. The maximum absolute atomic E-state index is 11.9. The van der Waals surface area contributed by atoms with Gasteiger partial charge in [-0.3, -0.25) is 4.79 Å². The van der Waals surface area contributed by atoms with Crippen LogP contribution in [-0.4, -0.2) is 38.3 Å². The third-order valence-corrected chi connectivity index (χ3v) is 2.86. The molecule has 0 aliphatic carbocycles. The SMILES string of the molecule is CCOc1cccc(NC(=O)CC2COCCN2)c1. The van der Waals surface area contributed by atoms with Gasteiger partial charge in [-0.15, -0.1) is 0 Å². The molecule has 1 unspecified atom stereocenters. The van der Waals surface area contributed by atoms with Crippen molar-refractivity contribution in [2.24, 2.45) is 0 Å². The van der Waals surface area contributed by atoms with E-state index in [1.807, 2.05) is 31.2 Å². The number of rotatable bonds is 5. The summed E-state index contributed by atoms with van der Waals surface area (Å²) in [6, 6.07) is 7.51. The van der Waals surface area contributed by atoms with Gasteiger partial charge in [-0.1, -0.05) is 6.07 Å². The first-order valence-corrected chi connectivity index (χ1v) is 6.62. The second kappa shape index (κ2) is 7.11. The molecule has 2 N–H and O–H groups in total. The first kappa shape index (κ1) is 13.8. The lowest BCUT2D eigenvalue weighted by molar-refractivity contribution is -0.117. The topological polar surface area (TPSA) is 59.6 Å². The maximum Gasteiger partial charge on any atom is 0.226 e. The van der Waals surface area contributed by atoms with Gasteiger partial charge in [-0.2, -0.15) is 0 Å². The molecule has 1 aromatic carbocycles. The minimum Gasteiger partial charge on any atom is -0.494 e. The third-order valence-electron chi connectivity index (χ3n) is 2.86. The molecular formula is C14H20N2O3. The first-order chi connectivity index (χ1) is 9.28. The Morgan fingerprint density at radius 3 is 3.21 bits per heavy atom. The van der Waals surface area contributed by atoms with Gasteiger partial charge in [0.05, 0.1) is 19.8 Å². The Bertz CT molecular complexity index is 417. The standard InChI is InChI=1S/C14H20N2O3/c1-2-19-13-5-3-4-11(8-13)16-14(17)9-12-10-18-7-6-15-12/h3-5,8,12,15H,2,6-7,9-10H2,1H3,(H,16,17). The molecule has 19 heavy (non-hydrogen) atoms. The minimum atomic E-state index is -0.0170. The molecule has 1 saturated heterocycles. The summed E-state index contributed by atoms with van der Waals surface area (Å²) in [6.07, 6.45) is 0.416. The van der Waals surface area contributed by atoms with E-state index in [1.54, 1.807) is 0 Å². The van der Waals surface area contributed by atoms with Crippen LogP contribution in [0, 0.1) is 0 Å². The second-order valence-electron chi connectivity index (χ2n) is 4.44. The van der Waals surface area contributed by atoms with Crippen molar-refractivity contribution in [3.8, 4) is 5.75 Å². The summed E-state index contributed by atoms with van der Waals surface area (Å²) in [7, 11) is 0. The predicted molar refractivity (Wildman–Crippen MR) is 73.5 cm³/mol. The van der Waals surface area contributed by atoms with Crippen LogP contribution in [0.2, 0.25) is 0 Å². The highest BCUT2D eigenvalue weighted by Gasteiger charge is 2.16. The Balaban J connectivity index is 1.85. The van der Waals surface area contributed by atoms with Gasteiger partial charge in [0.2, 0.25) is 5.91 Å². The lowest BCUT2D eigenvalue weighted by atomic mass is 10.2. The number of anilines is 1. The van der Waals surface area contributed by atoms with Gasteiger partial charge < -0.3 is 20.1 Å². The number of hydrogen-bond acceptors (Lipinski definition) is 4. The number of benzene rings is 1. The Hall–Kier alpha value is -1.59. The molecule has 0 radical (unpaired) electrons. The largest absolute Gasteiger partial charge is 0.494 e. The molecule has 5 heteroatoms.